The van der Waals surface area contributed by atoms with Crippen LogP contribution in [0.1, 0.15) is 5.69 Å². The molecule has 2 rings (SSSR count). The molecule has 1 fully saturated rings. The van der Waals surface area contributed by atoms with Gasteiger partial charge in [0.1, 0.15) is 11.9 Å². The van der Waals surface area contributed by atoms with E-state index in [1.54, 1.807) is 0 Å². The molecule has 0 bridgehead atoms. The van der Waals surface area contributed by atoms with Gasteiger partial charge in [-0.15, -0.1) is 0 Å². The van der Waals surface area contributed by atoms with Crippen LogP contribution in [0.3, 0.4) is 0 Å². The second-order valence-corrected chi connectivity index (χ2v) is 5.41. The van der Waals surface area contributed by atoms with E-state index in [0.717, 1.165) is 11.1 Å². The quantitative estimate of drug-likeness (QED) is 0.695. The van der Waals surface area contributed by atoms with Gasteiger partial charge in [-0.25, -0.2) is 4.98 Å². The number of halogens is 6. The van der Waals surface area contributed by atoms with Gasteiger partial charge in [0.2, 0.25) is 0 Å². The van der Waals surface area contributed by atoms with Crippen molar-refractivity contribution in [3.63, 3.8) is 0 Å². The fourth-order valence-electron chi connectivity index (χ4n) is 2.38. The molecule has 0 unspecified atom stereocenters. The van der Waals surface area contributed by atoms with Gasteiger partial charge < -0.3 is 15.5 Å². The highest BCUT2D eigenvalue weighted by Crippen LogP contribution is 2.28. The molecule has 24 heavy (non-hydrogen) atoms. The van der Waals surface area contributed by atoms with Crippen LogP contribution in [0.15, 0.2) is 12.4 Å². The Balaban J connectivity index is 2.12. The number of β-amino-alcohol motifs (C(OH)–C–C–N with tert-alkyl or cyclic N) is 1. The van der Waals surface area contributed by atoms with Gasteiger partial charge in [-0.3, -0.25) is 9.88 Å². The lowest BCUT2D eigenvalue weighted by molar-refractivity contribution is -0.158. The predicted octanol–water partition coefficient (Wildman–Crippen LogP) is 0.876. The van der Waals surface area contributed by atoms with E-state index in [4.69, 9.17) is 0 Å². The van der Waals surface area contributed by atoms with Crippen molar-refractivity contribution in [3.05, 3.63) is 18.1 Å². The zero-order valence-corrected chi connectivity index (χ0v) is 12.0. The zero-order valence-electron chi connectivity index (χ0n) is 12.0. The smallest absolute Gasteiger partial charge is 0.389 e. The highest BCUT2D eigenvalue weighted by molar-refractivity contribution is 5.34. The number of hydrogen-bond acceptors (Lipinski definition) is 6. The number of likely N-dealkylation sites (tertiary alicyclic amines) is 1. The highest BCUT2D eigenvalue weighted by atomic mass is 19.4. The van der Waals surface area contributed by atoms with Crippen molar-refractivity contribution in [2.24, 2.45) is 0 Å². The third-order valence-corrected chi connectivity index (χ3v) is 3.37. The van der Waals surface area contributed by atoms with Crippen LogP contribution in [0.2, 0.25) is 0 Å². The average molecular weight is 360 g/mol. The topological polar surface area (TPSA) is 81.5 Å². The van der Waals surface area contributed by atoms with Crippen LogP contribution in [-0.4, -0.2) is 69.1 Å². The minimum absolute atomic E-state index is 0.338. The molecule has 1 aliphatic heterocycles. The first-order valence-corrected chi connectivity index (χ1v) is 6.77. The van der Waals surface area contributed by atoms with Crippen molar-refractivity contribution in [1.29, 1.82) is 0 Å². The molecule has 0 radical (unpaired) electrons. The van der Waals surface area contributed by atoms with Crippen molar-refractivity contribution < 1.29 is 36.6 Å². The molecule has 3 atom stereocenters. The lowest BCUT2D eigenvalue weighted by Crippen LogP contribution is -2.59. The normalized spacial score (nSPS) is 26.4. The summed E-state index contributed by atoms with van der Waals surface area (Å²) in [7, 11) is 0. The van der Waals surface area contributed by atoms with Crippen LogP contribution >= 0.6 is 0 Å². The summed E-state index contributed by atoms with van der Waals surface area (Å²) in [6, 6.07) is -1.14. The van der Waals surface area contributed by atoms with E-state index < -0.39 is 49.4 Å². The predicted molar refractivity (Wildman–Crippen MR) is 69.0 cm³/mol. The molecule has 0 amide bonds. The van der Waals surface area contributed by atoms with Gasteiger partial charge in [0, 0.05) is 13.1 Å². The average Bonchev–Trinajstić information content (AvgIpc) is 2.42. The van der Waals surface area contributed by atoms with Gasteiger partial charge in [0.15, 0.2) is 5.69 Å². The van der Waals surface area contributed by atoms with Crippen molar-refractivity contribution in [2.45, 2.75) is 30.6 Å². The Morgan fingerprint density at radius 3 is 2.38 bits per heavy atom. The Morgan fingerprint density at radius 2 is 1.79 bits per heavy atom. The number of hydrogen-bond donors (Lipinski definition) is 3. The number of aliphatic hydroxyl groups excluding tert-OH is 2. The van der Waals surface area contributed by atoms with Crippen LogP contribution in [-0.2, 0) is 6.18 Å². The van der Waals surface area contributed by atoms with Crippen molar-refractivity contribution in [2.75, 3.05) is 25.0 Å². The number of aliphatic hydroxyl groups is 2. The summed E-state index contributed by atoms with van der Waals surface area (Å²) in [4.78, 5) is 7.46. The highest BCUT2D eigenvalue weighted by Gasteiger charge is 2.40. The van der Waals surface area contributed by atoms with Crippen molar-refractivity contribution >= 4 is 5.82 Å². The zero-order chi connectivity index (χ0) is 18.1. The number of nitrogens with zero attached hydrogens (tertiary/aromatic N) is 3. The minimum atomic E-state index is -4.74. The van der Waals surface area contributed by atoms with Gasteiger partial charge in [-0.05, 0) is 0 Å². The lowest BCUT2D eigenvalue weighted by atomic mass is 9.99. The van der Waals surface area contributed by atoms with Crippen molar-refractivity contribution in [1.82, 2.24) is 14.9 Å². The summed E-state index contributed by atoms with van der Waals surface area (Å²) in [6.45, 7) is -2.06. The van der Waals surface area contributed by atoms with Crippen LogP contribution in [0.4, 0.5) is 32.2 Å². The monoisotopic (exact) mass is 360 g/mol. The molecule has 1 saturated heterocycles. The van der Waals surface area contributed by atoms with Crippen LogP contribution < -0.4 is 5.32 Å². The molecule has 1 aliphatic rings. The molecule has 136 valence electrons. The molecular weight excluding hydrogens is 346 g/mol. The van der Waals surface area contributed by atoms with E-state index >= 15 is 0 Å². The summed E-state index contributed by atoms with van der Waals surface area (Å²) in [5.74, 6) is -0.366. The summed E-state index contributed by atoms with van der Waals surface area (Å²) in [6.07, 6.45) is -10.8. The fourth-order valence-corrected chi connectivity index (χ4v) is 2.38. The second-order valence-electron chi connectivity index (χ2n) is 5.41. The molecule has 1 aromatic heterocycles. The second kappa shape index (κ2) is 6.69. The summed E-state index contributed by atoms with van der Waals surface area (Å²) >= 11 is 0. The first kappa shape index (κ1) is 18.7. The van der Waals surface area contributed by atoms with Crippen LogP contribution in [0.5, 0.6) is 0 Å². The molecule has 2 heterocycles. The third kappa shape index (κ3) is 4.92. The molecule has 0 aliphatic carbocycles. The maximum atomic E-state index is 12.6. The fraction of sp³-hybridized carbons (Fsp3) is 0.667. The Morgan fingerprint density at radius 1 is 1.12 bits per heavy atom. The van der Waals surface area contributed by atoms with Gasteiger partial charge in [0.25, 0.3) is 0 Å². The Bertz CT molecular complexity index is 567. The Hall–Kier alpha value is -1.66. The SMILES string of the molecule is O[C@@H]1[C@@H](Nc2cncc(C(F)(F)F)n2)CN(CC(F)(F)F)C[C@@H]1O. The molecule has 6 nitrogen and oxygen atoms in total. The molecule has 1 aromatic rings. The van der Waals surface area contributed by atoms with Gasteiger partial charge in [-0.2, -0.15) is 26.3 Å². The molecule has 0 aromatic carbocycles. The van der Waals surface area contributed by atoms with E-state index in [1.807, 2.05) is 0 Å². The molecule has 3 N–H and O–H groups in total. The first-order valence-electron chi connectivity index (χ1n) is 6.77. The standard InChI is InChI=1S/C12H14F6N4O2/c13-11(14,15)5-22-3-6(10(24)7(23)4-22)20-9-2-19-1-8(21-9)12(16,17)18/h1-2,6-7,10,23-24H,3-5H2,(H,20,21)/t6-,7-,10+/m0/s1. The number of nitrogens with one attached hydrogen (secondary N) is 1. The lowest BCUT2D eigenvalue weighted by Gasteiger charge is -2.39. The molecule has 0 saturated carbocycles. The van der Waals surface area contributed by atoms with E-state index in [1.165, 1.54) is 0 Å². The number of aromatic nitrogens is 2. The third-order valence-electron chi connectivity index (χ3n) is 3.37. The molecular formula is C12H14F6N4O2. The number of alkyl halides is 6. The number of anilines is 1. The van der Waals surface area contributed by atoms with Crippen LogP contribution in [0.25, 0.3) is 0 Å². The maximum absolute atomic E-state index is 12.6. The first-order chi connectivity index (χ1) is 11.0. The minimum Gasteiger partial charge on any atom is -0.389 e. The van der Waals surface area contributed by atoms with E-state index in [2.05, 4.69) is 15.3 Å². The largest absolute Gasteiger partial charge is 0.434 e. The number of piperidine rings is 1. The van der Waals surface area contributed by atoms with Crippen molar-refractivity contribution in [3.8, 4) is 0 Å². The van der Waals surface area contributed by atoms with Gasteiger partial charge >= 0.3 is 12.4 Å². The van der Waals surface area contributed by atoms with E-state index in [0.29, 0.717) is 6.20 Å². The summed E-state index contributed by atoms with van der Waals surface area (Å²) < 4.78 is 75.1. The maximum Gasteiger partial charge on any atom is 0.434 e. The molecule has 12 heteroatoms. The van der Waals surface area contributed by atoms with E-state index in [-0.39, 0.29) is 12.4 Å². The Kier molecular flexibility index (Phi) is 5.20. The molecule has 0 spiro atoms. The summed E-state index contributed by atoms with van der Waals surface area (Å²) in [5, 5.41) is 21.9. The van der Waals surface area contributed by atoms with E-state index in [9.17, 15) is 36.6 Å². The van der Waals surface area contributed by atoms with Crippen LogP contribution in [0, 0.1) is 0 Å². The number of rotatable bonds is 3. The van der Waals surface area contributed by atoms with Gasteiger partial charge in [0.05, 0.1) is 31.1 Å². The Labute approximate surface area is 132 Å². The summed E-state index contributed by atoms with van der Waals surface area (Å²) in [5.41, 5.74) is -1.29. The van der Waals surface area contributed by atoms with Gasteiger partial charge in [-0.1, -0.05) is 0 Å².